The maximum atomic E-state index is 13.4. The first-order chi connectivity index (χ1) is 14.8. The quantitative estimate of drug-likeness (QED) is 0.631. The van der Waals surface area contributed by atoms with Crippen LogP contribution in [0.5, 0.6) is 11.5 Å². The van der Waals surface area contributed by atoms with Gasteiger partial charge in [0.15, 0.2) is 17.3 Å². The Morgan fingerprint density at radius 3 is 2.39 bits per heavy atom. The van der Waals surface area contributed by atoms with Crippen LogP contribution in [0, 0.1) is 20.8 Å². The fourth-order valence-corrected chi connectivity index (χ4v) is 3.91. The predicted molar refractivity (Wildman–Crippen MR) is 113 cm³/mol. The third-order valence-corrected chi connectivity index (χ3v) is 5.25. The molecule has 2 aromatic heterocycles. The van der Waals surface area contributed by atoms with Crippen LogP contribution in [0.25, 0.3) is 5.95 Å². The van der Waals surface area contributed by atoms with Gasteiger partial charge in [-0.3, -0.25) is 9.59 Å². The first-order valence-corrected chi connectivity index (χ1v) is 9.80. The number of amides is 1. The van der Waals surface area contributed by atoms with Gasteiger partial charge in [-0.1, -0.05) is 0 Å². The number of hydrogen-bond acceptors (Lipinski definition) is 7. The van der Waals surface area contributed by atoms with E-state index in [1.54, 1.807) is 18.2 Å². The molecule has 3 heterocycles. The monoisotopic (exact) mass is 421 g/mol. The highest BCUT2D eigenvalue weighted by Gasteiger charge is 2.37. The maximum Gasteiger partial charge on any atom is 0.252 e. The molecule has 4 rings (SSSR count). The topological polar surface area (TPSA) is 108 Å². The van der Waals surface area contributed by atoms with E-state index in [2.05, 4.69) is 20.4 Å². The lowest BCUT2D eigenvalue weighted by Gasteiger charge is -2.23. The molecule has 0 fully saturated rings. The van der Waals surface area contributed by atoms with Gasteiger partial charge in [0.1, 0.15) is 5.82 Å². The summed E-state index contributed by atoms with van der Waals surface area (Å²) >= 11 is 0. The summed E-state index contributed by atoms with van der Waals surface area (Å²) in [7, 11) is 3.04. The highest BCUT2D eigenvalue weighted by Crippen LogP contribution is 2.39. The zero-order chi connectivity index (χ0) is 22.3. The Kier molecular flexibility index (Phi) is 5.18. The van der Waals surface area contributed by atoms with Crippen LogP contribution in [0.15, 0.2) is 24.3 Å². The van der Waals surface area contributed by atoms with Crippen molar-refractivity contribution in [2.24, 2.45) is 0 Å². The Balaban J connectivity index is 1.80. The number of ether oxygens (including phenoxy) is 2. The largest absolute Gasteiger partial charge is 0.493 e. The number of aromatic nitrogens is 4. The van der Waals surface area contributed by atoms with Crippen LogP contribution in [-0.4, -0.2) is 45.7 Å². The van der Waals surface area contributed by atoms with E-state index in [9.17, 15) is 9.59 Å². The first-order valence-electron chi connectivity index (χ1n) is 9.80. The van der Waals surface area contributed by atoms with Gasteiger partial charge in [0.2, 0.25) is 5.91 Å². The third-order valence-electron chi connectivity index (χ3n) is 5.25. The van der Waals surface area contributed by atoms with Crippen LogP contribution in [-0.2, 0) is 4.79 Å². The number of carbonyl (C=O) groups excluding carboxylic acids is 2. The molecule has 1 aromatic carbocycles. The Bertz CT molecular complexity index is 1180. The average Bonchev–Trinajstić information content (AvgIpc) is 3.07. The number of benzene rings is 1. The number of fused-ring (bicyclic) bond motifs is 1. The fraction of sp³-hybridized carbons (Fsp3) is 0.318. The number of nitrogens with one attached hydrogen (secondary N) is 1. The molecule has 3 aromatic rings. The molecule has 0 radical (unpaired) electrons. The van der Waals surface area contributed by atoms with Gasteiger partial charge < -0.3 is 14.8 Å². The van der Waals surface area contributed by atoms with E-state index in [4.69, 9.17) is 9.47 Å². The second kappa shape index (κ2) is 7.82. The van der Waals surface area contributed by atoms with Crippen molar-refractivity contribution < 1.29 is 19.1 Å². The van der Waals surface area contributed by atoms with E-state index in [1.165, 1.54) is 18.9 Å². The summed E-state index contributed by atoms with van der Waals surface area (Å²) in [6.45, 7) is 5.54. The molecule has 1 aliphatic rings. The fourth-order valence-electron chi connectivity index (χ4n) is 3.91. The van der Waals surface area contributed by atoms with E-state index in [0.29, 0.717) is 40.1 Å². The molecule has 31 heavy (non-hydrogen) atoms. The Labute approximate surface area is 179 Å². The number of Topliss-reactive ketones (excluding diaryl/α,β-unsaturated/α-hetero) is 1. The molecule has 1 amide bonds. The standard InChI is InChI=1S/C22H23N5O4/c1-11-8-12(2)24-22(23-11)27-21-19(13(3)26-27)15(10-18(28)25-21)20(29)14-6-7-16(30-4)17(9-14)31-5/h6-9,15H,10H2,1-5H3,(H,25,28). The van der Waals surface area contributed by atoms with Crippen molar-refractivity contribution in [1.82, 2.24) is 19.7 Å². The molecule has 9 nitrogen and oxygen atoms in total. The van der Waals surface area contributed by atoms with Gasteiger partial charge in [0.05, 0.1) is 25.8 Å². The molecule has 0 saturated heterocycles. The number of ketones is 1. The van der Waals surface area contributed by atoms with Crippen molar-refractivity contribution in [3.63, 3.8) is 0 Å². The summed E-state index contributed by atoms with van der Waals surface area (Å²) < 4.78 is 12.1. The van der Waals surface area contributed by atoms with Crippen molar-refractivity contribution in [3.8, 4) is 17.4 Å². The molecular weight excluding hydrogens is 398 g/mol. The zero-order valence-corrected chi connectivity index (χ0v) is 18.0. The molecule has 9 heteroatoms. The number of nitrogens with zero attached hydrogens (tertiary/aromatic N) is 4. The molecule has 1 aliphatic heterocycles. The second-order valence-corrected chi connectivity index (χ2v) is 7.45. The number of anilines is 1. The molecule has 160 valence electrons. The van der Waals surface area contributed by atoms with Crippen LogP contribution >= 0.6 is 0 Å². The number of methoxy groups -OCH3 is 2. The SMILES string of the molecule is COc1ccc(C(=O)C2CC(=O)Nc3c2c(C)nn3-c2nc(C)cc(C)n2)cc1OC. The maximum absolute atomic E-state index is 13.4. The number of rotatable bonds is 5. The lowest BCUT2D eigenvalue weighted by atomic mass is 9.85. The van der Waals surface area contributed by atoms with E-state index in [1.807, 2.05) is 26.8 Å². The van der Waals surface area contributed by atoms with Crippen LogP contribution < -0.4 is 14.8 Å². The third kappa shape index (κ3) is 3.63. The molecule has 0 spiro atoms. The smallest absolute Gasteiger partial charge is 0.252 e. The lowest BCUT2D eigenvalue weighted by Crippen LogP contribution is -2.28. The number of aryl methyl sites for hydroxylation is 3. The van der Waals surface area contributed by atoms with E-state index < -0.39 is 5.92 Å². The zero-order valence-electron chi connectivity index (χ0n) is 18.0. The van der Waals surface area contributed by atoms with Crippen LogP contribution in [0.2, 0.25) is 0 Å². The van der Waals surface area contributed by atoms with Crippen molar-refractivity contribution in [3.05, 3.63) is 52.5 Å². The summed E-state index contributed by atoms with van der Waals surface area (Å²) in [5.41, 5.74) is 3.30. The summed E-state index contributed by atoms with van der Waals surface area (Å²) in [5.74, 6) is 0.611. The molecule has 0 bridgehead atoms. The van der Waals surface area contributed by atoms with Gasteiger partial charge in [-0.05, 0) is 45.0 Å². The van der Waals surface area contributed by atoms with E-state index in [-0.39, 0.29) is 18.1 Å². The van der Waals surface area contributed by atoms with Gasteiger partial charge in [0, 0.05) is 28.9 Å². The predicted octanol–water partition coefficient (Wildman–Crippen LogP) is 2.91. The summed E-state index contributed by atoms with van der Waals surface area (Å²) in [6, 6.07) is 6.83. The Hall–Kier alpha value is -3.75. The van der Waals surface area contributed by atoms with Crippen molar-refractivity contribution in [2.45, 2.75) is 33.1 Å². The van der Waals surface area contributed by atoms with E-state index in [0.717, 1.165) is 11.4 Å². The molecule has 1 unspecified atom stereocenters. The van der Waals surface area contributed by atoms with Gasteiger partial charge in [0.25, 0.3) is 5.95 Å². The minimum atomic E-state index is -0.679. The summed E-state index contributed by atoms with van der Waals surface area (Å²) in [4.78, 5) is 34.9. The number of hydrogen-bond donors (Lipinski definition) is 1. The van der Waals surface area contributed by atoms with Crippen molar-refractivity contribution in [1.29, 1.82) is 0 Å². The van der Waals surface area contributed by atoms with Crippen molar-refractivity contribution in [2.75, 3.05) is 19.5 Å². The van der Waals surface area contributed by atoms with Crippen LogP contribution in [0.4, 0.5) is 5.82 Å². The van der Waals surface area contributed by atoms with Crippen LogP contribution in [0.1, 0.15) is 45.3 Å². The van der Waals surface area contributed by atoms with E-state index >= 15 is 0 Å². The minimum absolute atomic E-state index is 0.0282. The first kappa shape index (κ1) is 20.5. The second-order valence-electron chi connectivity index (χ2n) is 7.45. The minimum Gasteiger partial charge on any atom is -0.493 e. The normalized spacial score (nSPS) is 15.3. The van der Waals surface area contributed by atoms with Gasteiger partial charge >= 0.3 is 0 Å². The molecule has 0 saturated carbocycles. The molecular formula is C22H23N5O4. The average molecular weight is 421 g/mol. The van der Waals surface area contributed by atoms with Gasteiger partial charge in [-0.25, -0.2) is 9.97 Å². The highest BCUT2D eigenvalue weighted by molar-refractivity contribution is 6.08. The number of carbonyl (C=O) groups is 2. The van der Waals surface area contributed by atoms with Gasteiger partial charge in [-0.15, -0.1) is 0 Å². The highest BCUT2D eigenvalue weighted by atomic mass is 16.5. The summed E-state index contributed by atoms with van der Waals surface area (Å²) in [6.07, 6.45) is 0.0282. The van der Waals surface area contributed by atoms with Crippen molar-refractivity contribution >= 4 is 17.5 Å². The van der Waals surface area contributed by atoms with Gasteiger partial charge in [-0.2, -0.15) is 9.78 Å². The summed E-state index contributed by atoms with van der Waals surface area (Å²) in [5, 5.41) is 7.40. The Morgan fingerprint density at radius 1 is 1.06 bits per heavy atom. The molecule has 1 N–H and O–H groups in total. The molecule has 1 atom stereocenters. The lowest BCUT2D eigenvalue weighted by molar-refractivity contribution is -0.116. The Morgan fingerprint density at radius 2 is 1.74 bits per heavy atom. The molecule has 0 aliphatic carbocycles. The van der Waals surface area contributed by atoms with Crippen LogP contribution in [0.3, 0.4) is 0 Å².